The number of carbonyl (C=O) groups excluding carboxylic acids is 3. The Morgan fingerprint density at radius 1 is 1.04 bits per heavy atom. The van der Waals surface area contributed by atoms with E-state index in [1.54, 1.807) is 30.5 Å². The standard InChI is InChI=1S/C35H28F2N6O4/c36-23-12-25-21(3-4-28-32(25)26(13-23)35(46)43(28)29-5-6-31(44)40-34(29)45)11-22-2-1-19(9-27(22)37)16-41-7-8-42-24(17-41)18-47-30-10-20(14-38)15-39-33(30)42/h1-4,9-10,12-13,15,24,29H,5-8,11,16-18H2,(H,40,44,45)/t24-,29?/m1/s1. The summed E-state index contributed by atoms with van der Waals surface area (Å²) < 4.78 is 36.4. The molecule has 47 heavy (non-hydrogen) atoms. The van der Waals surface area contributed by atoms with Crippen LogP contribution in [0.25, 0.3) is 10.8 Å². The highest BCUT2D eigenvalue weighted by atomic mass is 19.1. The number of piperidine rings is 1. The van der Waals surface area contributed by atoms with Gasteiger partial charge in [0.25, 0.3) is 5.91 Å². The summed E-state index contributed by atoms with van der Waals surface area (Å²) in [5.41, 5.74) is 2.99. The number of pyridine rings is 1. The van der Waals surface area contributed by atoms with Crippen LogP contribution in [0.5, 0.6) is 5.75 Å². The lowest BCUT2D eigenvalue weighted by atomic mass is 9.95. The van der Waals surface area contributed by atoms with Crippen LogP contribution in [0.1, 0.15) is 45.5 Å². The van der Waals surface area contributed by atoms with Gasteiger partial charge in [0.15, 0.2) is 11.6 Å². The summed E-state index contributed by atoms with van der Waals surface area (Å²) in [6.45, 7) is 3.22. The maximum atomic E-state index is 15.6. The number of benzene rings is 3. The maximum absolute atomic E-state index is 15.6. The minimum absolute atomic E-state index is 0.0859. The van der Waals surface area contributed by atoms with E-state index in [4.69, 9.17) is 10.00 Å². The smallest absolute Gasteiger partial charge is 0.259 e. The number of fused-ring (bicyclic) bond motifs is 3. The average molecular weight is 635 g/mol. The minimum atomic E-state index is -0.881. The molecule has 2 saturated heterocycles. The first-order valence-electron chi connectivity index (χ1n) is 15.5. The van der Waals surface area contributed by atoms with E-state index in [0.717, 1.165) is 30.5 Å². The van der Waals surface area contributed by atoms with Gasteiger partial charge >= 0.3 is 0 Å². The van der Waals surface area contributed by atoms with Gasteiger partial charge in [-0.1, -0.05) is 18.2 Å². The quantitative estimate of drug-likeness (QED) is 0.330. The number of nitriles is 1. The summed E-state index contributed by atoms with van der Waals surface area (Å²) in [5, 5.41) is 12.5. The van der Waals surface area contributed by atoms with Crippen molar-refractivity contribution in [1.82, 2.24) is 15.2 Å². The SMILES string of the molecule is N#Cc1cnc2c(c1)OC[C@H]1CN(Cc3ccc(Cc4ccc5c6c(cc(F)cc46)C(=O)N5C4CCC(=O)NC4=O)c(F)c3)CCN21. The molecular formula is C35H28F2N6O4. The van der Waals surface area contributed by atoms with Gasteiger partial charge in [0, 0.05) is 56.7 Å². The molecule has 1 aromatic heterocycles. The Labute approximate surface area is 268 Å². The molecule has 3 aromatic carbocycles. The molecule has 0 saturated carbocycles. The van der Waals surface area contributed by atoms with E-state index in [9.17, 15) is 18.8 Å². The molecule has 0 spiro atoms. The highest BCUT2D eigenvalue weighted by molar-refractivity contribution is 6.27. The lowest BCUT2D eigenvalue weighted by Crippen LogP contribution is -2.57. The van der Waals surface area contributed by atoms with Crippen LogP contribution in [-0.4, -0.2) is 65.9 Å². The van der Waals surface area contributed by atoms with Crippen molar-refractivity contribution < 1.29 is 27.9 Å². The lowest BCUT2D eigenvalue weighted by Gasteiger charge is -2.44. The molecule has 1 N–H and O–H groups in total. The third-order valence-corrected chi connectivity index (χ3v) is 9.51. The average Bonchev–Trinajstić information content (AvgIpc) is 3.34. The molecule has 2 fully saturated rings. The van der Waals surface area contributed by atoms with E-state index in [-0.39, 0.29) is 36.7 Å². The minimum Gasteiger partial charge on any atom is -0.487 e. The zero-order valence-electron chi connectivity index (χ0n) is 25.1. The third-order valence-electron chi connectivity index (χ3n) is 9.51. The summed E-state index contributed by atoms with van der Waals surface area (Å²) in [5.74, 6) is -1.07. The molecule has 8 rings (SSSR count). The van der Waals surface area contributed by atoms with E-state index >= 15 is 4.39 Å². The van der Waals surface area contributed by atoms with Gasteiger partial charge in [0.05, 0.1) is 22.9 Å². The zero-order chi connectivity index (χ0) is 32.4. The first-order chi connectivity index (χ1) is 22.8. The fraction of sp³-hybridized carbons (Fsp3) is 0.286. The number of nitrogens with zero attached hydrogens (tertiary/aromatic N) is 5. The summed E-state index contributed by atoms with van der Waals surface area (Å²) >= 11 is 0. The number of anilines is 2. The van der Waals surface area contributed by atoms with Crippen LogP contribution in [0.2, 0.25) is 0 Å². The highest BCUT2D eigenvalue weighted by Gasteiger charge is 2.41. The fourth-order valence-electron chi connectivity index (χ4n) is 7.28. The largest absolute Gasteiger partial charge is 0.487 e. The Morgan fingerprint density at radius 3 is 2.70 bits per heavy atom. The Kier molecular flexibility index (Phi) is 6.88. The number of hydrogen-bond acceptors (Lipinski definition) is 8. The number of amides is 3. The van der Waals surface area contributed by atoms with Crippen LogP contribution in [0.3, 0.4) is 0 Å². The molecule has 4 aliphatic heterocycles. The molecule has 4 aromatic rings. The highest BCUT2D eigenvalue weighted by Crippen LogP contribution is 2.42. The van der Waals surface area contributed by atoms with E-state index in [1.807, 2.05) is 6.07 Å². The Morgan fingerprint density at radius 2 is 1.89 bits per heavy atom. The van der Waals surface area contributed by atoms with Gasteiger partial charge in [0.2, 0.25) is 11.8 Å². The first-order valence-corrected chi connectivity index (χ1v) is 15.5. The second-order valence-corrected chi connectivity index (χ2v) is 12.4. The van der Waals surface area contributed by atoms with Crippen LogP contribution in [0, 0.1) is 23.0 Å². The Bertz CT molecular complexity index is 2060. The molecular weight excluding hydrogens is 606 g/mol. The van der Waals surface area contributed by atoms with Crippen LogP contribution >= 0.6 is 0 Å². The monoisotopic (exact) mass is 634 g/mol. The van der Waals surface area contributed by atoms with Crippen molar-refractivity contribution in [3.8, 4) is 11.8 Å². The van der Waals surface area contributed by atoms with E-state index in [2.05, 4.69) is 26.2 Å². The van der Waals surface area contributed by atoms with Crippen molar-refractivity contribution in [2.45, 2.75) is 37.9 Å². The number of nitrogens with one attached hydrogen (secondary N) is 1. The molecule has 4 aliphatic rings. The van der Waals surface area contributed by atoms with Gasteiger partial charge in [-0.25, -0.2) is 13.8 Å². The van der Waals surface area contributed by atoms with Crippen LogP contribution in [0.15, 0.2) is 54.7 Å². The Balaban J connectivity index is 1.00. The molecule has 5 heterocycles. The molecule has 10 nitrogen and oxygen atoms in total. The van der Waals surface area contributed by atoms with E-state index in [0.29, 0.717) is 58.6 Å². The number of imide groups is 1. The van der Waals surface area contributed by atoms with Crippen LogP contribution < -0.4 is 19.9 Å². The zero-order valence-corrected chi connectivity index (χ0v) is 25.1. The van der Waals surface area contributed by atoms with Gasteiger partial charge < -0.3 is 9.64 Å². The molecule has 1 unspecified atom stereocenters. The number of hydrogen-bond donors (Lipinski definition) is 1. The van der Waals surface area contributed by atoms with Crippen molar-refractivity contribution in [1.29, 1.82) is 5.26 Å². The Hall–Kier alpha value is -5.41. The van der Waals surface area contributed by atoms with Crippen molar-refractivity contribution in [3.05, 3.63) is 94.2 Å². The number of carbonyl (C=O) groups is 3. The molecule has 236 valence electrons. The number of aromatic nitrogens is 1. The first kappa shape index (κ1) is 29.0. The van der Waals surface area contributed by atoms with Crippen molar-refractivity contribution >= 4 is 40.0 Å². The van der Waals surface area contributed by atoms with Crippen LogP contribution in [0.4, 0.5) is 20.3 Å². The van der Waals surface area contributed by atoms with Crippen molar-refractivity contribution in [2.24, 2.45) is 0 Å². The normalized spacial score (nSPS) is 20.5. The van der Waals surface area contributed by atoms with Gasteiger partial charge in [-0.3, -0.25) is 29.5 Å². The van der Waals surface area contributed by atoms with E-state index in [1.165, 1.54) is 17.0 Å². The number of rotatable bonds is 5. The lowest BCUT2D eigenvalue weighted by molar-refractivity contribution is -0.134. The maximum Gasteiger partial charge on any atom is 0.259 e. The molecule has 0 bridgehead atoms. The molecule has 2 atom stereocenters. The third kappa shape index (κ3) is 4.94. The number of halogens is 2. The van der Waals surface area contributed by atoms with Crippen LogP contribution in [-0.2, 0) is 22.6 Å². The predicted molar refractivity (Wildman–Crippen MR) is 167 cm³/mol. The van der Waals surface area contributed by atoms with Gasteiger partial charge in [-0.2, -0.15) is 5.26 Å². The molecule has 3 amide bonds. The number of ether oxygens (including phenoxy) is 1. The van der Waals surface area contributed by atoms with Gasteiger partial charge in [0.1, 0.15) is 30.4 Å². The van der Waals surface area contributed by atoms with Crippen molar-refractivity contribution in [3.63, 3.8) is 0 Å². The summed E-state index contributed by atoms with van der Waals surface area (Å²) in [4.78, 5) is 48.0. The molecule has 0 aliphatic carbocycles. The summed E-state index contributed by atoms with van der Waals surface area (Å²) in [6.07, 6.45) is 2.00. The van der Waals surface area contributed by atoms with Gasteiger partial charge in [-0.05, 0) is 52.8 Å². The topological polar surface area (TPSA) is 119 Å². The second kappa shape index (κ2) is 11.1. The summed E-state index contributed by atoms with van der Waals surface area (Å²) in [6, 6.07) is 14.2. The summed E-state index contributed by atoms with van der Waals surface area (Å²) in [7, 11) is 0. The molecule has 0 radical (unpaired) electrons. The second-order valence-electron chi connectivity index (χ2n) is 12.4. The fourth-order valence-corrected chi connectivity index (χ4v) is 7.28. The van der Waals surface area contributed by atoms with E-state index < -0.39 is 29.6 Å². The predicted octanol–water partition coefficient (Wildman–Crippen LogP) is 3.82. The van der Waals surface area contributed by atoms with Crippen molar-refractivity contribution in [2.75, 3.05) is 36.0 Å². The van der Waals surface area contributed by atoms with Gasteiger partial charge in [-0.15, -0.1) is 0 Å². The number of piperazine rings is 1. The molecule has 12 heteroatoms.